The molecule has 1 unspecified atom stereocenters. The Morgan fingerprint density at radius 2 is 1.56 bits per heavy atom. The van der Waals surface area contributed by atoms with Crippen molar-refractivity contribution in [3.63, 3.8) is 0 Å². The van der Waals surface area contributed by atoms with E-state index in [1.165, 1.54) is 52.9 Å². The molecule has 4 rings (SSSR count). The predicted octanol–water partition coefficient (Wildman–Crippen LogP) is 2.13. The first-order valence-corrected chi connectivity index (χ1v) is 13.2. The molecule has 0 spiro atoms. The Bertz CT molecular complexity index is 1340. The molecule has 1 aliphatic rings. The standard InChI is InChI=1S/C20H19N3O6S3/c1-14-2-6-16(7-3-14)31(26,27)23(20-21-11-13-30-20)32(28,29)17-8-4-15(5-9-17)22-12-10-18(24)19(22)25/h2-9,11,13,18,24H,10,12H2,1H3. The summed E-state index contributed by atoms with van der Waals surface area (Å²) in [6.45, 7) is 2.09. The lowest BCUT2D eigenvalue weighted by Crippen LogP contribution is -2.37. The number of carbonyl (C=O) groups excluding carboxylic acids is 1. The zero-order valence-electron chi connectivity index (χ0n) is 16.8. The maximum atomic E-state index is 13.5. The fourth-order valence-electron chi connectivity index (χ4n) is 3.26. The largest absolute Gasteiger partial charge is 0.383 e. The van der Waals surface area contributed by atoms with Gasteiger partial charge in [0.05, 0.1) is 9.79 Å². The number of benzene rings is 2. The molecular formula is C20H19N3O6S3. The number of anilines is 2. The molecule has 1 saturated heterocycles. The normalized spacial score (nSPS) is 17.0. The molecule has 3 aromatic rings. The second kappa shape index (κ2) is 8.28. The van der Waals surface area contributed by atoms with Crippen LogP contribution in [0.5, 0.6) is 0 Å². The van der Waals surface area contributed by atoms with Crippen LogP contribution in [0.2, 0.25) is 0 Å². The molecule has 9 nitrogen and oxygen atoms in total. The van der Waals surface area contributed by atoms with Crippen molar-refractivity contribution >= 4 is 48.1 Å². The minimum Gasteiger partial charge on any atom is -0.383 e. The number of hydrogen-bond acceptors (Lipinski definition) is 8. The van der Waals surface area contributed by atoms with Crippen LogP contribution in [0.4, 0.5) is 10.8 Å². The summed E-state index contributed by atoms with van der Waals surface area (Å²) in [5.41, 5.74) is 1.23. The number of amides is 1. The zero-order valence-corrected chi connectivity index (χ0v) is 19.3. The van der Waals surface area contributed by atoms with E-state index < -0.39 is 32.1 Å². The fourth-order valence-corrected chi connectivity index (χ4v) is 7.96. The highest BCUT2D eigenvalue weighted by Gasteiger charge is 2.39. The summed E-state index contributed by atoms with van der Waals surface area (Å²) < 4.78 is 53.9. The number of sulfonamides is 2. The summed E-state index contributed by atoms with van der Waals surface area (Å²) >= 11 is 0.877. The van der Waals surface area contributed by atoms with Crippen LogP contribution in [-0.2, 0) is 24.8 Å². The third-order valence-corrected chi connectivity index (χ3v) is 10.1. The first-order chi connectivity index (χ1) is 15.1. The Morgan fingerprint density at radius 1 is 1.00 bits per heavy atom. The van der Waals surface area contributed by atoms with Gasteiger partial charge in [-0.3, -0.25) is 4.79 Å². The van der Waals surface area contributed by atoms with Crippen LogP contribution >= 0.6 is 11.3 Å². The highest BCUT2D eigenvalue weighted by Crippen LogP contribution is 2.33. The molecule has 1 aromatic heterocycles. The quantitative estimate of drug-likeness (QED) is 0.558. The van der Waals surface area contributed by atoms with Gasteiger partial charge in [-0.05, 0) is 43.3 Å². The SMILES string of the molecule is Cc1ccc(S(=O)(=O)N(c2nccs2)S(=O)(=O)c2ccc(N3CCC(O)C3=O)cc2)cc1. The zero-order chi connectivity index (χ0) is 23.1. The van der Waals surface area contributed by atoms with Crippen molar-refractivity contribution in [1.29, 1.82) is 0 Å². The number of aromatic nitrogens is 1. The number of rotatable bonds is 6. The fraction of sp³-hybridized carbons (Fsp3) is 0.200. The molecule has 1 amide bonds. The van der Waals surface area contributed by atoms with Crippen LogP contribution in [0.25, 0.3) is 0 Å². The molecule has 12 heteroatoms. The van der Waals surface area contributed by atoms with Crippen LogP contribution in [0, 0.1) is 6.92 Å². The highest BCUT2D eigenvalue weighted by molar-refractivity contribution is 8.10. The van der Waals surface area contributed by atoms with Gasteiger partial charge in [0.15, 0.2) is 0 Å². The summed E-state index contributed by atoms with van der Waals surface area (Å²) in [4.78, 5) is 16.8. The van der Waals surface area contributed by atoms with Gasteiger partial charge in [-0.2, -0.15) is 16.8 Å². The summed E-state index contributed by atoms with van der Waals surface area (Å²) in [5.74, 6) is -0.466. The number of carbonyl (C=O) groups is 1. The second-order valence-electron chi connectivity index (χ2n) is 7.12. The number of thiazole rings is 1. The Morgan fingerprint density at radius 3 is 2.03 bits per heavy atom. The Balaban J connectivity index is 1.76. The molecule has 0 bridgehead atoms. The lowest BCUT2D eigenvalue weighted by atomic mass is 10.2. The van der Waals surface area contributed by atoms with Gasteiger partial charge in [-0.1, -0.05) is 17.7 Å². The average molecular weight is 494 g/mol. The van der Waals surface area contributed by atoms with Crippen molar-refractivity contribution in [1.82, 2.24) is 4.98 Å². The Kier molecular flexibility index (Phi) is 5.79. The minimum atomic E-state index is -4.56. The lowest BCUT2D eigenvalue weighted by Gasteiger charge is -2.22. The molecule has 168 valence electrons. The van der Waals surface area contributed by atoms with E-state index >= 15 is 0 Å². The first-order valence-electron chi connectivity index (χ1n) is 9.48. The lowest BCUT2D eigenvalue weighted by molar-refractivity contribution is -0.123. The van der Waals surface area contributed by atoms with Crippen LogP contribution < -0.4 is 8.61 Å². The predicted molar refractivity (Wildman–Crippen MR) is 120 cm³/mol. The third kappa shape index (κ3) is 3.90. The molecule has 0 aliphatic carbocycles. The summed E-state index contributed by atoms with van der Waals surface area (Å²) in [5, 5.41) is 10.9. The van der Waals surface area contributed by atoms with E-state index in [1.54, 1.807) is 19.1 Å². The van der Waals surface area contributed by atoms with Gasteiger partial charge in [-0.25, -0.2) is 4.98 Å². The molecule has 1 fully saturated rings. The molecule has 32 heavy (non-hydrogen) atoms. The monoisotopic (exact) mass is 493 g/mol. The van der Waals surface area contributed by atoms with E-state index in [-0.39, 0.29) is 21.3 Å². The van der Waals surface area contributed by atoms with Crippen molar-refractivity contribution in [2.75, 3.05) is 15.2 Å². The molecule has 1 N–H and O–H groups in total. The van der Waals surface area contributed by atoms with Crippen molar-refractivity contribution in [3.05, 3.63) is 65.7 Å². The van der Waals surface area contributed by atoms with E-state index in [0.29, 0.717) is 15.9 Å². The van der Waals surface area contributed by atoms with Crippen LogP contribution in [0.15, 0.2) is 69.9 Å². The summed E-state index contributed by atoms with van der Waals surface area (Å²) in [7, 11) is -9.06. The maximum absolute atomic E-state index is 13.5. The number of hydrogen-bond donors (Lipinski definition) is 1. The van der Waals surface area contributed by atoms with Gasteiger partial charge in [0.25, 0.3) is 26.0 Å². The summed E-state index contributed by atoms with van der Waals surface area (Å²) in [6, 6.07) is 11.1. The van der Waals surface area contributed by atoms with Crippen LogP contribution in [0.3, 0.4) is 0 Å². The van der Waals surface area contributed by atoms with Gasteiger partial charge >= 0.3 is 0 Å². The topological polar surface area (TPSA) is 125 Å². The third-order valence-electron chi connectivity index (χ3n) is 4.95. The number of aryl methyl sites for hydroxylation is 1. The van der Waals surface area contributed by atoms with Gasteiger partial charge in [-0.15, -0.1) is 15.0 Å². The highest BCUT2D eigenvalue weighted by atomic mass is 32.3. The Labute approximate surface area is 189 Å². The number of aliphatic hydroxyl groups excluding tert-OH is 1. The molecule has 1 aliphatic heterocycles. The van der Waals surface area contributed by atoms with Crippen molar-refractivity contribution in [2.45, 2.75) is 29.2 Å². The average Bonchev–Trinajstić information content (AvgIpc) is 3.39. The molecule has 0 radical (unpaired) electrons. The molecule has 0 saturated carbocycles. The van der Waals surface area contributed by atoms with Crippen molar-refractivity contribution in [3.8, 4) is 0 Å². The van der Waals surface area contributed by atoms with E-state index in [1.807, 2.05) is 0 Å². The molecular weight excluding hydrogens is 474 g/mol. The second-order valence-corrected chi connectivity index (χ2v) is 11.8. The van der Waals surface area contributed by atoms with E-state index in [4.69, 9.17) is 0 Å². The van der Waals surface area contributed by atoms with Gasteiger partial charge < -0.3 is 10.0 Å². The summed E-state index contributed by atoms with van der Waals surface area (Å²) in [6.07, 6.45) is 0.518. The van der Waals surface area contributed by atoms with Gasteiger partial charge in [0.2, 0.25) is 5.13 Å². The van der Waals surface area contributed by atoms with Crippen LogP contribution in [0.1, 0.15) is 12.0 Å². The molecule has 2 heterocycles. The molecule has 2 aromatic carbocycles. The Hall–Kier alpha value is -2.80. The number of aliphatic hydroxyl groups is 1. The molecule has 1 atom stereocenters. The van der Waals surface area contributed by atoms with E-state index in [9.17, 15) is 26.7 Å². The van der Waals surface area contributed by atoms with E-state index in [0.717, 1.165) is 16.9 Å². The van der Waals surface area contributed by atoms with Gasteiger partial charge in [0.1, 0.15) is 6.10 Å². The van der Waals surface area contributed by atoms with Gasteiger partial charge in [0, 0.05) is 30.2 Å². The van der Waals surface area contributed by atoms with Crippen molar-refractivity contribution in [2.24, 2.45) is 0 Å². The number of nitrogens with zero attached hydrogens (tertiary/aromatic N) is 3. The maximum Gasteiger partial charge on any atom is 0.279 e. The first kappa shape index (κ1) is 22.4. The smallest absolute Gasteiger partial charge is 0.279 e. The van der Waals surface area contributed by atoms with Crippen molar-refractivity contribution < 1.29 is 26.7 Å². The van der Waals surface area contributed by atoms with Crippen LogP contribution in [-0.4, -0.2) is 45.5 Å². The van der Waals surface area contributed by atoms with E-state index in [2.05, 4.69) is 4.98 Å². The minimum absolute atomic E-state index is 0.185.